The summed E-state index contributed by atoms with van der Waals surface area (Å²) in [7, 11) is -3.93. The molecule has 38 heavy (non-hydrogen) atoms. The van der Waals surface area contributed by atoms with Gasteiger partial charge in [0.15, 0.2) is 23.4 Å². The molecule has 2 aliphatic heterocycles. The van der Waals surface area contributed by atoms with E-state index >= 15 is 0 Å². The number of nitrogens with two attached hydrogens (primary N) is 2. The second-order valence-electron chi connectivity index (χ2n) is 9.16. The van der Waals surface area contributed by atoms with Crippen LogP contribution in [-0.4, -0.2) is 65.1 Å². The van der Waals surface area contributed by atoms with Crippen molar-refractivity contribution in [1.29, 1.82) is 0 Å². The van der Waals surface area contributed by atoms with Gasteiger partial charge in [0.25, 0.3) is 0 Å². The minimum Gasteiger partial charge on any atom is -0.461 e. The quantitative estimate of drug-likeness (QED) is 0.202. The Kier molecular flexibility index (Phi) is 6.49. The number of aryl methyl sites for hydroxylation is 1. The van der Waals surface area contributed by atoms with Gasteiger partial charge in [0.05, 0.1) is 18.6 Å². The Morgan fingerprint density at radius 2 is 2.13 bits per heavy atom. The number of fused-ring (bicyclic) bond motifs is 2. The van der Waals surface area contributed by atoms with Crippen LogP contribution in [0.3, 0.4) is 0 Å². The fourth-order valence-electron chi connectivity index (χ4n) is 4.37. The Morgan fingerprint density at radius 3 is 2.87 bits per heavy atom. The molecule has 5 rings (SSSR count). The molecule has 0 aliphatic carbocycles. The average Bonchev–Trinajstić information content (AvgIpc) is 3.36. The number of hydrogen-bond donors (Lipinski definition) is 5. The highest BCUT2D eigenvalue weighted by Crippen LogP contribution is 2.51. The molecule has 1 saturated heterocycles. The zero-order chi connectivity index (χ0) is 27.4. The van der Waals surface area contributed by atoms with Crippen LogP contribution in [0.4, 0.5) is 11.8 Å². The van der Waals surface area contributed by atoms with Crippen LogP contribution < -0.4 is 21.1 Å². The van der Waals surface area contributed by atoms with Crippen LogP contribution in [0.25, 0.3) is 11.2 Å². The summed E-state index contributed by atoms with van der Waals surface area (Å²) >= 11 is 0. The van der Waals surface area contributed by atoms with E-state index in [1.807, 2.05) is 0 Å². The van der Waals surface area contributed by atoms with Crippen LogP contribution >= 0.6 is 7.75 Å². The lowest BCUT2D eigenvalue weighted by molar-refractivity contribution is -0.142. The topological polar surface area (TPSA) is 232 Å². The molecule has 204 valence electrons. The van der Waals surface area contributed by atoms with E-state index in [1.165, 1.54) is 24.7 Å². The Labute approximate surface area is 215 Å². The van der Waals surface area contributed by atoms with Gasteiger partial charge in [0, 0.05) is 30.8 Å². The Morgan fingerprint density at radius 1 is 1.37 bits per heavy atom. The van der Waals surface area contributed by atoms with E-state index in [2.05, 4.69) is 25.0 Å². The van der Waals surface area contributed by atoms with Gasteiger partial charge < -0.3 is 35.7 Å². The van der Waals surface area contributed by atoms with E-state index in [9.17, 15) is 19.6 Å². The summed E-state index contributed by atoms with van der Waals surface area (Å²) in [6.45, 7) is 4.00. The van der Waals surface area contributed by atoms with Crippen LogP contribution in [0.5, 0.6) is 5.75 Å². The monoisotopic (exact) mass is 550 g/mol. The zero-order valence-corrected chi connectivity index (χ0v) is 21.6. The maximum atomic E-state index is 13.4. The van der Waals surface area contributed by atoms with Crippen molar-refractivity contribution in [3.05, 3.63) is 29.3 Å². The first kappa shape index (κ1) is 26.2. The van der Waals surface area contributed by atoms with Crippen molar-refractivity contribution < 1.29 is 38.1 Å². The number of rotatable bonds is 6. The van der Waals surface area contributed by atoms with E-state index in [1.54, 1.807) is 13.1 Å². The maximum Gasteiger partial charge on any atom is 0.459 e. The molecule has 0 spiro atoms. The van der Waals surface area contributed by atoms with Crippen LogP contribution in [0, 0.1) is 6.92 Å². The molecule has 3 aromatic heterocycles. The predicted molar refractivity (Wildman–Crippen MR) is 130 cm³/mol. The van der Waals surface area contributed by atoms with Crippen molar-refractivity contribution in [3.63, 3.8) is 0 Å². The van der Waals surface area contributed by atoms with Crippen molar-refractivity contribution in [3.8, 4) is 5.75 Å². The van der Waals surface area contributed by atoms with Crippen molar-refractivity contribution in [1.82, 2.24) is 29.6 Å². The molecule has 0 radical (unpaired) electrons. The molecule has 17 heteroatoms. The van der Waals surface area contributed by atoms with Gasteiger partial charge >= 0.3 is 13.7 Å². The molecule has 16 nitrogen and oxygen atoms in total. The lowest BCUT2D eigenvalue weighted by atomic mass is 9.96. The number of nitrogens with one attached hydrogen (secondary N) is 1. The summed E-state index contributed by atoms with van der Waals surface area (Å²) in [5.74, 6) is -0.266. The Balaban J connectivity index is 1.33. The third-order valence-electron chi connectivity index (χ3n) is 6.38. The minimum absolute atomic E-state index is 0.0229. The van der Waals surface area contributed by atoms with Gasteiger partial charge in [0.2, 0.25) is 5.95 Å². The van der Waals surface area contributed by atoms with Crippen molar-refractivity contribution in [2.45, 2.75) is 58.0 Å². The summed E-state index contributed by atoms with van der Waals surface area (Å²) in [4.78, 5) is 27.6. The molecule has 1 unspecified atom stereocenters. The van der Waals surface area contributed by atoms with Gasteiger partial charge in [-0.05, 0) is 13.8 Å². The van der Waals surface area contributed by atoms with E-state index in [0.29, 0.717) is 16.8 Å². The molecular weight excluding hydrogens is 523 g/mol. The van der Waals surface area contributed by atoms with Crippen molar-refractivity contribution >= 4 is 36.6 Å². The van der Waals surface area contributed by atoms with E-state index in [4.69, 9.17) is 30.0 Å². The molecular formula is C21H27N8O8P. The van der Waals surface area contributed by atoms with Crippen LogP contribution in [0.15, 0.2) is 12.5 Å². The molecule has 3 aromatic rings. The van der Waals surface area contributed by atoms with Gasteiger partial charge in [-0.15, -0.1) is 0 Å². The Hall–Kier alpha value is -3.40. The highest BCUT2D eigenvalue weighted by atomic mass is 31.2. The number of imidazole rings is 1. The highest BCUT2D eigenvalue weighted by molar-refractivity contribution is 7.52. The lowest BCUT2D eigenvalue weighted by Crippen LogP contribution is -2.44. The molecule has 0 bridgehead atoms. The third kappa shape index (κ3) is 4.55. The van der Waals surface area contributed by atoms with Gasteiger partial charge in [0.1, 0.15) is 29.9 Å². The number of esters is 1. The van der Waals surface area contributed by atoms with E-state index < -0.39 is 44.4 Å². The SMILES string of the molecule is CC(=O)OCc1cnc(C)c2c1CNP(=O)(OC[C@H]1O[C@@H](n3cnc4c(N)nc(N)nc43)[C@@](C)(O)[C@H]1O)O2. The second kappa shape index (κ2) is 9.41. The fourth-order valence-corrected chi connectivity index (χ4v) is 5.76. The summed E-state index contributed by atoms with van der Waals surface area (Å²) in [5, 5.41) is 24.7. The van der Waals surface area contributed by atoms with Crippen LogP contribution in [0.2, 0.25) is 0 Å². The lowest BCUT2D eigenvalue weighted by Gasteiger charge is -2.29. The molecule has 1 fully saturated rings. The van der Waals surface area contributed by atoms with E-state index in [-0.39, 0.29) is 41.8 Å². The van der Waals surface area contributed by atoms with Crippen molar-refractivity contribution in [2.75, 3.05) is 18.1 Å². The Bertz CT molecular complexity index is 1460. The number of nitrogen functional groups attached to an aromatic ring is 2. The molecule has 5 heterocycles. The third-order valence-corrected chi connectivity index (χ3v) is 7.84. The second-order valence-corrected chi connectivity index (χ2v) is 10.9. The number of carbonyl (C=O) groups excluding carboxylic acids is 1. The zero-order valence-electron chi connectivity index (χ0n) is 20.7. The molecule has 5 atom stereocenters. The number of aromatic nitrogens is 5. The van der Waals surface area contributed by atoms with E-state index in [0.717, 1.165) is 0 Å². The predicted octanol–water partition coefficient (Wildman–Crippen LogP) is 0.0734. The summed E-state index contributed by atoms with van der Waals surface area (Å²) in [6.07, 6.45) is -0.851. The number of nitrogens with zero attached hydrogens (tertiary/aromatic N) is 5. The standard InChI is InChI=1S/C21H27N8O8P/c1-9-15-12(11(4-24-9)6-34-10(2)30)5-26-38(33,37-15)35-7-13-16(31)21(3,32)19(36-13)29-8-25-14-17(22)27-20(23)28-18(14)29/h4,8,13,16,19,31-32H,5-7H2,1-3H3,(H,26,33)(H4,22,23,27,28)/t13-,16+,19-,21+,38?/m1/s1. The number of aliphatic hydroxyl groups is 2. The maximum absolute atomic E-state index is 13.4. The number of hydrogen-bond acceptors (Lipinski definition) is 14. The number of pyridine rings is 1. The summed E-state index contributed by atoms with van der Waals surface area (Å²) in [6, 6.07) is 0. The molecule has 7 N–H and O–H groups in total. The smallest absolute Gasteiger partial charge is 0.459 e. The first-order valence-electron chi connectivity index (χ1n) is 11.5. The normalized spacial score (nSPS) is 28.7. The number of carbonyl (C=O) groups is 1. The minimum atomic E-state index is -3.93. The number of aliphatic hydroxyl groups excluding tert-OH is 1. The van der Waals surface area contributed by atoms with Gasteiger partial charge in [-0.2, -0.15) is 9.97 Å². The van der Waals surface area contributed by atoms with Crippen LogP contribution in [-0.2, 0) is 36.5 Å². The summed E-state index contributed by atoms with van der Waals surface area (Å²) in [5.41, 5.74) is 11.9. The average molecular weight is 550 g/mol. The molecule has 2 aliphatic rings. The summed E-state index contributed by atoms with van der Waals surface area (Å²) < 4.78 is 37.0. The number of anilines is 2. The highest BCUT2D eigenvalue weighted by Gasteiger charge is 2.54. The first-order chi connectivity index (χ1) is 17.9. The number of ether oxygens (including phenoxy) is 2. The van der Waals surface area contributed by atoms with Gasteiger partial charge in [-0.25, -0.2) is 14.6 Å². The molecule has 0 aromatic carbocycles. The van der Waals surface area contributed by atoms with Gasteiger partial charge in [-0.1, -0.05) is 0 Å². The van der Waals surface area contributed by atoms with Crippen LogP contribution in [0.1, 0.15) is 36.9 Å². The fraction of sp³-hybridized carbons (Fsp3) is 0.476. The first-order valence-corrected chi connectivity index (χ1v) is 13.1. The van der Waals surface area contributed by atoms with Gasteiger partial charge in [-0.3, -0.25) is 18.9 Å². The van der Waals surface area contributed by atoms with Crippen molar-refractivity contribution in [2.24, 2.45) is 0 Å². The molecule has 0 saturated carbocycles. The molecule has 0 amide bonds. The largest absolute Gasteiger partial charge is 0.461 e.